The molecule has 1 unspecified atom stereocenters. The highest BCUT2D eigenvalue weighted by molar-refractivity contribution is 14.0. The molecule has 1 atom stereocenters. The van der Waals surface area contributed by atoms with Crippen LogP contribution in [0.5, 0.6) is 11.5 Å². The van der Waals surface area contributed by atoms with Crippen LogP contribution in [0.15, 0.2) is 34.6 Å². The number of methoxy groups -OCH3 is 1. The highest BCUT2D eigenvalue weighted by atomic mass is 127. The molecule has 0 radical (unpaired) electrons. The summed E-state index contributed by atoms with van der Waals surface area (Å²) in [5.41, 5.74) is 1.13. The largest absolute Gasteiger partial charge is 0.493 e. The first-order valence-corrected chi connectivity index (χ1v) is 10.7. The zero-order chi connectivity index (χ0) is 20.4. The molecule has 2 aromatic rings. The first kappa shape index (κ1) is 25.5. The van der Waals surface area contributed by atoms with Gasteiger partial charge in [-0.15, -0.1) is 35.3 Å². The molecule has 0 aliphatic heterocycles. The van der Waals surface area contributed by atoms with Crippen molar-refractivity contribution in [3.05, 3.63) is 40.3 Å². The minimum absolute atomic E-state index is 0. The van der Waals surface area contributed by atoms with Gasteiger partial charge in [0.15, 0.2) is 17.5 Å². The molecular weight excluding hydrogens is 499 g/mol. The van der Waals surface area contributed by atoms with Gasteiger partial charge < -0.3 is 20.1 Å². The quantitative estimate of drug-likeness (QED) is 0.269. The summed E-state index contributed by atoms with van der Waals surface area (Å²) >= 11 is 1.73. The topological polar surface area (TPSA) is 67.8 Å². The van der Waals surface area contributed by atoms with Gasteiger partial charge in [-0.05, 0) is 26.0 Å². The number of halogens is 1. The van der Waals surface area contributed by atoms with E-state index in [0.29, 0.717) is 12.5 Å². The molecule has 6 nitrogen and oxygen atoms in total. The Labute approximate surface area is 195 Å². The first-order valence-electron chi connectivity index (χ1n) is 9.79. The number of aliphatic imine (C=N–C) groups is 1. The van der Waals surface area contributed by atoms with E-state index in [1.807, 2.05) is 31.2 Å². The number of ether oxygens (including phenoxy) is 2. The number of guanidine groups is 1. The van der Waals surface area contributed by atoms with Crippen molar-refractivity contribution in [2.75, 3.05) is 26.7 Å². The van der Waals surface area contributed by atoms with Crippen LogP contribution >= 0.6 is 35.3 Å². The van der Waals surface area contributed by atoms with Gasteiger partial charge in [0.1, 0.15) is 6.10 Å². The third-order valence-corrected chi connectivity index (χ3v) is 5.18. The van der Waals surface area contributed by atoms with Gasteiger partial charge in [-0.25, -0.2) is 9.98 Å². The van der Waals surface area contributed by atoms with Crippen molar-refractivity contribution in [2.24, 2.45) is 4.99 Å². The SMILES string of the molecule is CCNC(=NCC(C)Oc1ccccc1OC)NCCc1csc(C(C)C)n1.I. The van der Waals surface area contributed by atoms with E-state index in [1.165, 1.54) is 5.01 Å². The summed E-state index contributed by atoms with van der Waals surface area (Å²) in [6.07, 6.45) is 0.805. The summed E-state index contributed by atoms with van der Waals surface area (Å²) in [5, 5.41) is 9.98. The minimum Gasteiger partial charge on any atom is -0.493 e. The van der Waals surface area contributed by atoms with Crippen LogP contribution in [0.4, 0.5) is 0 Å². The number of nitrogens with one attached hydrogen (secondary N) is 2. The van der Waals surface area contributed by atoms with E-state index in [9.17, 15) is 0 Å². The van der Waals surface area contributed by atoms with Crippen molar-refractivity contribution >= 4 is 41.3 Å². The van der Waals surface area contributed by atoms with Crippen LogP contribution in [0.2, 0.25) is 0 Å². The number of para-hydroxylation sites is 2. The third-order valence-electron chi connectivity index (χ3n) is 3.98. The second kappa shape index (κ2) is 13.6. The van der Waals surface area contributed by atoms with Crippen molar-refractivity contribution in [1.29, 1.82) is 0 Å². The van der Waals surface area contributed by atoms with Gasteiger partial charge in [0.05, 0.1) is 24.4 Å². The van der Waals surface area contributed by atoms with Crippen molar-refractivity contribution < 1.29 is 9.47 Å². The van der Waals surface area contributed by atoms with E-state index in [1.54, 1.807) is 18.4 Å². The molecule has 0 bridgehead atoms. The summed E-state index contributed by atoms with van der Waals surface area (Å²) in [7, 11) is 1.64. The van der Waals surface area contributed by atoms with Crippen LogP contribution in [-0.2, 0) is 6.42 Å². The maximum absolute atomic E-state index is 5.97. The minimum atomic E-state index is -0.0705. The van der Waals surface area contributed by atoms with Gasteiger partial charge in [-0.2, -0.15) is 0 Å². The van der Waals surface area contributed by atoms with Crippen LogP contribution in [-0.4, -0.2) is 43.8 Å². The standard InChI is InChI=1S/C21H32N4O2S.HI/c1-6-22-21(23-12-11-17-14-28-20(25-17)15(2)3)24-13-16(4)27-19-10-8-7-9-18(19)26-5;/h7-10,14-16H,6,11-13H2,1-5H3,(H2,22,23,24);1H. The molecule has 0 saturated heterocycles. The fourth-order valence-electron chi connectivity index (χ4n) is 2.54. The van der Waals surface area contributed by atoms with Crippen LogP contribution < -0.4 is 20.1 Å². The highest BCUT2D eigenvalue weighted by Gasteiger charge is 2.09. The molecule has 1 heterocycles. The first-order chi connectivity index (χ1) is 13.5. The zero-order valence-electron chi connectivity index (χ0n) is 17.9. The Bertz CT molecular complexity index is 752. The zero-order valence-corrected chi connectivity index (χ0v) is 21.0. The Morgan fingerprint density at radius 2 is 1.90 bits per heavy atom. The molecule has 29 heavy (non-hydrogen) atoms. The van der Waals surface area contributed by atoms with Crippen molar-refractivity contribution in [1.82, 2.24) is 15.6 Å². The number of aromatic nitrogens is 1. The molecule has 0 saturated carbocycles. The number of hydrogen-bond acceptors (Lipinski definition) is 5. The third kappa shape index (κ3) is 8.77. The average Bonchev–Trinajstić information content (AvgIpc) is 3.16. The molecule has 1 aromatic carbocycles. The van der Waals surface area contributed by atoms with Crippen molar-refractivity contribution in [3.63, 3.8) is 0 Å². The Hall–Kier alpha value is -1.55. The summed E-state index contributed by atoms with van der Waals surface area (Å²) in [5.74, 6) is 2.73. The van der Waals surface area contributed by atoms with E-state index >= 15 is 0 Å². The van der Waals surface area contributed by atoms with Gasteiger partial charge in [0.2, 0.25) is 0 Å². The predicted molar refractivity (Wildman–Crippen MR) is 132 cm³/mol. The van der Waals surface area contributed by atoms with E-state index in [-0.39, 0.29) is 30.1 Å². The number of thiazole rings is 1. The summed E-state index contributed by atoms with van der Waals surface area (Å²) in [6.45, 7) is 10.5. The second-order valence-electron chi connectivity index (χ2n) is 6.81. The Morgan fingerprint density at radius 3 is 2.52 bits per heavy atom. The maximum Gasteiger partial charge on any atom is 0.191 e. The molecule has 0 amide bonds. The van der Waals surface area contributed by atoms with Gasteiger partial charge >= 0.3 is 0 Å². The summed E-state index contributed by atoms with van der Waals surface area (Å²) in [4.78, 5) is 9.32. The van der Waals surface area contributed by atoms with Crippen LogP contribution in [0.1, 0.15) is 44.3 Å². The van der Waals surface area contributed by atoms with Crippen LogP contribution in [0, 0.1) is 0 Å². The Balaban J connectivity index is 0.00000420. The predicted octanol–water partition coefficient (Wildman–Crippen LogP) is 4.46. The van der Waals surface area contributed by atoms with E-state index in [0.717, 1.165) is 42.7 Å². The molecule has 162 valence electrons. The Morgan fingerprint density at radius 1 is 1.17 bits per heavy atom. The molecular formula is C21H33IN4O2S. The molecule has 1 aromatic heterocycles. The van der Waals surface area contributed by atoms with Gasteiger partial charge in [0, 0.05) is 30.8 Å². The average molecular weight is 532 g/mol. The molecule has 0 aliphatic carbocycles. The summed E-state index contributed by atoms with van der Waals surface area (Å²) in [6, 6.07) is 7.65. The number of nitrogens with zero attached hydrogens (tertiary/aromatic N) is 2. The van der Waals surface area contributed by atoms with Gasteiger partial charge in [-0.1, -0.05) is 26.0 Å². The fraction of sp³-hybridized carbons (Fsp3) is 0.524. The molecule has 2 rings (SSSR count). The molecule has 8 heteroatoms. The lowest BCUT2D eigenvalue weighted by molar-refractivity contribution is 0.219. The van der Waals surface area contributed by atoms with Crippen LogP contribution in [0.25, 0.3) is 0 Å². The normalized spacial score (nSPS) is 12.3. The molecule has 0 spiro atoms. The number of benzene rings is 1. The lowest BCUT2D eigenvalue weighted by Crippen LogP contribution is -2.39. The van der Waals surface area contributed by atoms with Crippen molar-refractivity contribution in [2.45, 2.75) is 46.1 Å². The lowest BCUT2D eigenvalue weighted by atomic mass is 10.2. The van der Waals surface area contributed by atoms with E-state index in [4.69, 9.17) is 9.47 Å². The maximum atomic E-state index is 5.97. The summed E-state index contributed by atoms with van der Waals surface area (Å²) < 4.78 is 11.3. The number of rotatable bonds is 10. The second-order valence-corrected chi connectivity index (χ2v) is 7.70. The van der Waals surface area contributed by atoms with Crippen molar-refractivity contribution in [3.8, 4) is 11.5 Å². The fourth-order valence-corrected chi connectivity index (χ4v) is 3.41. The van der Waals surface area contributed by atoms with Gasteiger partial charge in [-0.3, -0.25) is 0 Å². The Kier molecular flexibility index (Phi) is 12.0. The van der Waals surface area contributed by atoms with E-state index in [2.05, 4.69) is 46.8 Å². The monoisotopic (exact) mass is 532 g/mol. The lowest BCUT2D eigenvalue weighted by Gasteiger charge is -2.16. The number of hydrogen-bond donors (Lipinski definition) is 2. The van der Waals surface area contributed by atoms with Crippen LogP contribution in [0.3, 0.4) is 0 Å². The van der Waals surface area contributed by atoms with E-state index < -0.39 is 0 Å². The van der Waals surface area contributed by atoms with Gasteiger partial charge in [0.25, 0.3) is 0 Å². The molecule has 0 aliphatic rings. The molecule has 0 fully saturated rings. The molecule has 2 N–H and O–H groups in total. The smallest absolute Gasteiger partial charge is 0.191 e. The highest BCUT2D eigenvalue weighted by Crippen LogP contribution is 2.26.